The standard InChI is InChI=1S/C17H11ClI2N2O2/c1-9-12(18)3-2-4-15(9)22-17(24)11(8-21)5-10-6-13(19)16(23)14(20)7-10/h2-7,23H,1H3,(H,22,24)/b11-5+. The Morgan fingerprint density at radius 2 is 1.96 bits per heavy atom. The summed E-state index contributed by atoms with van der Waals surface area (Å²) in [6, 6.07) is 10.5. The van der Waals surface area contributed by atoms with E-state index in [1.807, 2.05) is 51.3 Å². The summed E-state index contributed by atoms with van der Waals surface area (Å²) in [6.45, 7) is 1.79. The van der Waals surface area contributed by atoms with Crippen molar-refractivity contribution in [2.24, 2.45) is 0 Å². The fraction of sp³-hybridized carbons (Fsp3) is 0.0588. The predicted molar refractivity (Wildman–Crippen MR) is 112 cm³/mol. The minimum atomic E-state index is -0.513. The summed E-state index contributed by atoms with van der Waals surface area (Å²) in [4.78, 5) is 12.4. The normalized spacial score (nSPS) is 11.0. The number of carbonyl (C=O) groups is 1. The molecule has 2 aromatic carbocycles. The zero-order valence-corrected chi connectivity index (χ0v) is 17.5. The van der Waals surface area contributed by atoms with Crippen molar-refractivity contribution in [3.63, 3.8) is 0 Å². The summed E-state index contributed by atoms with van der Waals surface area (Å²) >= 11 is 10.0. The lowest BCUT2D eigenvalue weighted by Crippen LogP contribution is -2.14. The molecule has 24 heavy (non-hydrogen) atoms. The summed E-state index contributed by atoms with van der Waals surface area (Å²) < 4.78 is 1.29. The number of halogens is 3. The molecule has 0 fully saturated rings. The number of rotatable bonds is 3. The van der Waals surface area contributed by atoms with Crippen molar-refractivity contribution in [2.45, 2.75) is 6.92 Å². The van der Waals surface area contributed by atoms with Crippen LogP contribution in [0.3, 0.4) is 0 Å². The summed E-state index contributed by atoms with van der Waals surface area (Å²) in [5.41, 5.74) is 1.92. The van der Waals surface area contributed by atoms with Crippen LogP contribution in [0, 0.1) is 25.4 Å². The van der Waals surface area contributed by atoms with Gasteiger partial charge in [-0.1, -0.05) is 17.7 Å². The molecule has 0 saturated carbocycles. The maximum absolute atomic E-state index is 12.4. The fourth-order valence-corrected chi connectivity index (χ4v) is 3.91. The van der Waals surface area contributed by atoms with E-state index in [0.717, 1.165) is 5.56 Å². The first-order valence-corrected chi connectivity index (χ1v) is 9.23. The van der Waals surface area contributed by atoms with E-state index in [0.29, 0.717) is 23.4 Å². The molecule has 2 N–H and O–H groups in total. The third-order valence-corrected chi connectivity index (χ3v) is 5.29. The van der Waals surface area contributed by atoms with Crippen molar-refractivity contribution in [1.82, 2.24) is 0 Å². The predicted octanol–water partition coefficient (Wildman–Crippen LogP) is 5.11. The van der Waals surface area contributed by atoms with Crippen molar-refractivity contribution < 1.29 is 9.90 Å². The second-order valence-electron chi connectivity index (χ2n) is 4.87. The molecule has 0 bridgehead atoms. The minimum Gasteiger partial charge on any atom is -0.506 e. The van der Waals surface area contributed by atoms with Gasteiger partial charge in [-0.2, -0.15) is 5.26 Å². The fourth-order valence-electron chi connectivity index (χ4n) is 1.92. The molecule has 0 heterocycles. The van der Waals surface area contributed by atoms with Gasteiger partial charge in [0, 0.05) is 10.7 Å². The lowest BCUT2D eigenvalue weighted by Gasteiger charge is -2.09. The maximum Gasteiger partial charge on any atom is 0.266 e. The van der Waals surface area contributed by atoms with Crippen molar-refractivity contribution >= 4 is 74.5 Å². The van der Waals surface area contributed by atoms with Gasteiger partial charge in [0.25, 0.3) is 5.91 Å². The largest absolute Gasteiger partial charge is 0.506 e. The number of aromatic hydroxyl groups is 1. The minimum absolute atomic E-state index is 0.0355. The summed E-state index contributed by atoms with van der Waals surface area (Å²) in [5.74, 6) is -0.327. The van der Waals surface area contributed by atoms with E-state index in [-0.39, 0.29) is 11.3 Å². The second-order valence-corrected chi connectivity index (χ2v) is 7.60. The average Bonchev–Trinajstić information content (AvgIpc) is 2.54. The van der Waals surface area contributed by atoms with Crippen LogP contribution >= 0.6 is 56.8 Å². The van der Waals surface area contributed by atoms with Gasteiger partial charge in [-0.15, -0.1) is 0 Å². The van der Waals surface area contributed by atoms with Gasteiger partial charge in [0.05, 0.1) is 7.14 Å². The van der Waals surface area contributed by atoms with E-state index in [4.69, 9.17) is 11.6 Å². The Morgan fingerprint density at radius 1 is 1.33 bits per heavy atom. The number of anilines is 1. The van der Waals surface area contributed by atoms with Gasteiger partial charge in [0.15, 0.2) is 0 Å². The van der Waals surface area contributed by atoms with E-state index in [1.54, 1.807) is 37.3 Å². The highest BCUT2D eigenvalue weighted by Gasteiger charge is 2.13. The molecular formula is C17H11ClI2N2O2. The Hall–Kier alpha value is -1.31. The van der Waals surface area contributed by atoms with Crippen LogP contribution in [0.2, 0.25) is 5.02 Å². The molecule has 1 amide bonds. The number of nitriles is 1. The molecule has 0 aromatic heterocycles. The molecule has 4 nitrogen and oxygen atoms in total. The van der Waals surface area contributed by atoms with Crippen molar-refractivity contribution in [1.29, 1.82) is 5.26 Å². The van der Waals surface area contributed by atoms with Crippen LogP contribution in [0.5, 0.6) is 5.75 Å². The van der Waals surface area contributed by atoms with E-state index >= 15 is 0 Å². The van der Waals surface area contributed by atoms with Crippen molar-refractivity contribution in [3.05, 3.63) is 59.2 Å². The molecule has 0 atom stereocenters. The van der Waals surface area contributed by atoms with E-state index in [9.17, 15) is 15.2 Å². The molecule has 0 spiro atoms. The van der Waals surface area contributed by atoms with Crippen LogP contribution in [0.25, 0.3) is 6.08 Å². The average molecular weight is 565 g/mol. The Bertz CT molecular complexity index is 866. The molecule has 0 unspecified atom stereocenters. The summed E-state index contributed by atoms with van der Waals surface area (Å²) in [5, 5.41) is 22.3. The number of hydrogen-bond donors (Lipinski definition) is 2. The number of phenols is 1. The van der Waals surface area contributed by atoms with Gasteiger partial charge in [-0.25, -0.2) is 0 Å². The van der Waals surface area contributed by atoms with Crippen LogP contribution < -0.4 is 5.32 Å². The third-order valence-electron chi connectivity index (χ3n) is 3.23. The van der Waals surface area contributed by atoms with Gasteiger partial charge >= 0.3 is 0 Å². The molecule has 0 aliphatic heterocycles. The highest BCUT2D eigenvalue weighted by Crippen LogP contribution is 2.28. The van der Waals surface area contributed by atoms with Crippen LogP contribution in [-0.4, -0.2) is 11.0 Å². The zero-order valence-electron chi connectivity index (χ0n) is 12.4. The maximum atomic E-state index is 12.4. The lowest BCUT2D eigenvalue weighted by atomic mass is 10.1. The molecule has 2 rings (SSSR count). The molecule has 122 valence electrons. The highest BCUT2D eigenvalue weighted by molar-refractivity contribution is 14.1. The molecule has 7 heteroatoms. The molecule has 0 aliphatic rings. The Kier molecular flexibility index (Phi) is 6.48. The first-order valence-electron chi connectivity index (χ1n) is 6.69. The number of nitrogens with zero attached hydrogens (tertiary/aromatic N) is 1. The SMILES string of the molecule is Cc1c(Cl)cccc1NC(=O)/C(C#N)=C/c1cc(I)c(O)c(I)c1. The topological polar surface area (TPSA) is 73.1 Å². The quantitative estimate of drug-likeness (QED) is 0.309. The van der Waals surface area contributed by atoms with E-state index in [2.05, 4.69) is 5.32 Å². The third kappa shape index (κ3) is 4.40. The van der Waals surface area contributed by atoms with Gasteiger partial charge in [0.1, 0.15) is 17.4 Å². The van der Waals surface area contributed by atoms with Crippen molar-refractivity contribution in [3.8, 4) is 11.8 Å². The first-order chi connectivity index (χ1) is 11.3. The first kappa shape index (κ1) is 19.0. The van der Waals surface area contributed by atoms with Crippen LogP contribution in [-0.2, 0) is 4.79 Å². The smallest absolute Gasteiger partial charge is 0.266 e. The lowest BCUT2D eigenvalue weighted by molar-refractivity contribution is -0.112. The van der Waals surface area contributed by atoms with Crippen molar-refractivity contribution in [2.75, 3.05) is 5.32 Å². The number of amides is 1. The van der Waals surface area contributed by atoms with Crippen LogP contribution in [0.1, 0.15) is 11.1 Å². The summed E-state index contributed by atoms with van der Waals surface area (Å²) in [6.07, 6.45) is 1.49. The van der Waals surface area contributed by atoms with Gasteiger partial charge in [-0.05, 0) is 93.6 Å². The van der Waals surface area contributed by atoms with Crippen LogP contribution in [0.15, 0.2) is 35.9 Å². The second kappa shape index (κ2) is 8.18. The van der Waals surface area contributed by atoms with E-state index < -0.39 is 5.91 Å². The number of benzene rings is 2. The summed E-state index contributed by atoms with van der Waals surface area (Å²) in [7, 11) is 0. The molecule has 0 saturated heterocycles. The van der Waals surface area contributed by atoms with Gasteiger partial charge < -0.3 is 10.4 Å². The molecule has 0 aliphatic carbocycles. The number of phenolic OH excluding ortho intramolecular Hbond substituents is 1. The zero-order chi connectivity index (χ0) is 17.9. The Balaban J connectivity index is 2.33. The molecule has 0 radical (unpaired) electrons. The highest BCUT2D eigenvalue weighted by atomic mass is 127. The van der Waals surface area contributed by atoms with Gasteiger partial charge in [0.2, 0.25) is 0 Å². The molecular weight excluding hydrogens is 553 g/mol. The monoisotopic (exact) mass is 564 g/mol. The van der Waals surface area contributed by atoms with Gasteiger partial charge in [-0.3, -0.25) is 4.79 Å². The van der Waals surface area contributed by atoms with Crippen LogP contribution in [0.4, 0.5) is 5.69 Å². The Labute approximate surface area is 171 Å². The van der Waals surface area contributed by atoms with E-state index in [1.165, 1.54) is 6.08 Å². The number of carbonyl (C=O) groups excluding carboxylic acids is 1. The number of hydrogen-bond acceptors (Lipinski definition) is 3. The number of nitrogens with one attached hydrogen (secondary N) is 1. The molecule has 2 aromatic rings. The Morgan fingerprint density at radius 3 is 2.54 bits per heavy atom.